The highest BCUT2D eigenvalue weighted by Gasteiger charge is 2.34. The van der Waals surface area contributed by atoms with E-state index < -0.39 is 23.5 Å². The van der Waals surface area contributed by atoms with Gasteiger partial charge in [0.05, 0.1) is 23.1 Å². The minimum atomic E-state index is -1.08. The highest BCUT2D eigenvalue weighted by atomic mass is 16.3. The Morgan fingerprint density at radius 2 is 1.93 bits per heavy atom. The molecule has 4 rings (SSSR count). The smallest absolute Gasteiger partial charge is 0.329 e. The molecule has 1 atom stereocenters. The zero-order valence-corrected chi connectivity index (χ0v) is 16.8. The van der Waals surface area contributed by atoms with Crippen LogP contribution in [0.15, 0.2) is 23.0 Å². The molecule has 1 unspecified atom stereocenters. The van der Waals surface area contributed by atoms with Crippen molar-refractivity contribution in [2.45, 2.75) is 43.7 Å². The van der Waals surface area contributed by atoms with Gasteiger partial charge in [-0.25, -0.2) is 4.79 Å². The molecule has 10 heteroatoms. The van der Waals surface area contributed by atoms with Crippen molar-refractivity contribution in [2.75, 3.05) is 18.0 Å². The van der Waals surface area contributed by atoms with E-state index in [4.69, 9.17) is 5.73 Å². The van der Waals surface area contributed by atoms with Gasteiger partial charge in [-0.1, -0.05) is 0 Å². The summed E-state index contributed by atoms with van der Waals surface area (Å²) in [7, 11) is 1.65. The molecule has 3 amide bonds. The summed E-state index contributed by atoms with van der Waals surface area (Å²) in [6.07, 6.45) is 1.27. The molecule has 30 heavy (non-hydrogen) atoms. The average Bonchev–Trinajstić information content (AvgIpc) is 2.92. The molecule has 2 fully saturated rings. The second kappa shape index (κ2) is 7.28. The lowest BCUT2D eigenvalue weighted by Gasteiger charge is -2.38. The van der Waals surface area contributed by atoms with E-state index in [2.05, 4.69) is 10.2 Å². The molecule has 1 aromatic heterocycles. The number of piperidine rings is 2. The average molecular weight is 415 g/mol. The van der Waals surface area contributed by atoms with E-state index in [1.54, 1.807) is 13.1 Å². The number of carbonyl (C=O) groups excluding carboxylic acids is 3. The summed E-state index contributed by atoms with van der Waals surface area (Å²) in [5.41, 5.74) is 6.04. The SMILES string of the molecule is Cn1c(=O)n(C2CCC(=O)NC2=O)c2ccc(N3CCC(O)(CC(N)=O)CC3)cc21. The van der Waals surface area contributed by atoms with Gasteiger partial charge in [-0.2, -0.15) is 0 Å². The Labute approximate surface area is 172 Å². The largest absolute Gasteiger partial charge is 0.389 e. The Morgan fingerprint density at radius 1 is 1.23 bits per heavy atom. The summed E-state index contributed by atoms with van der Waals surface area (Å²) in [6, 6.07) is 4.85. The number of nitrogens with zero attached hydrogens (tertiary/aromatic N) is 3. The number of hydrogen-bond donors (Lipinski definition) is 3. The van der Waals surface area contributed by atoms with Crippen molar-refractivity contribution in [1.29, 1.82) is 0 Å². The van der Waals surface area contributed by atoms with Gasteiger partial charge >= 0.3 is 5.69 Å². The number of aliphatic hydroxyl groups is 1. The van der Waals surface area contributed by atoms with Crippen molar-refractivity contribution in [3.63, 3.8) is 0 Å². The van der Waals surface area contributed by atoms with Gasteiger partial charge in [0.15, 0.2) is 0 Å². The van der Waals surface area contributed by atoms with Gasteiger partial charge in [0.25, 0.3) is 0 Å². The predicted octanol–water partition coefficient (Wildman–Crippen LogP) is -0.476. The molecule has 2 saturated heterocycles. The van der Waals surface area contributed by atoms with Crippen LogP contribution in [0.1, 0.15) is 38.1 Å². The number of rotatable bonds is 4. The Bertz CT molecular complexity index is 1090. The molecular weight excluding hydrogens is 390 g/mol. The van der Waals surface area contributed by atoms with E-state index in [0.717, 1.165) is 5.69 Å². The van der Waals surface area contributed by atoms with Gasteiger partial charge in [-0.3, -0.25) is 28.8 Å². The molecule has 0 spiro atoms. The number of imidazole rings is 1. The van der Waals surface area contributed by atoms with E-state index in [0.29, 0.717) is 37.0 Å². The zero-order valence-electron chi connectivity index (χ0n) is 16.8. The molecule has 0 saturated carbocycles. The van der Waals surface area contributed by atoms with Crippen LogP contribution in [-0.2, 0) is 21.4 Å². The third-order valence-electron chi connectivity index (χ3n) is 6.16. The first-order valence-corrected chi connectivity index (χ1v) is 9.99. The standard InChI is InChI=1S/C20H25N5O5/c1-23-15-10-12(24-8-6-20(30,7-9-24)11-16(21)26)2-3-13(15)25(19(23)29)14-4-5-17(27)22-18(14)28/h2-3,10,14,30H,4-9,11H2,1H3,(H2,21,26)(H,22,27,28). The number of carbonyl (C=O) groups is 3. The summed E-state index contributed by atoms with van der Waals surface area (Å²) in [6.45, 7) is 1.11. The fourth-order valence-electron chi connectivity index (χ4n) is 4.46. The maximum atomic E-state index is 12.9. The molecule has 0 aliphatic carbocycles. The maximum Gasteiger partial charge on any atom is 0.329 e. The van der Waals surface area contributed by atoms with E-state index in [1.165, 1.54) is 9.13 Å². The van der Waals surface area contributed by atoms with Crippen molar-refractivity contribution >= 4 is 34.4 Å². The van der Waals surface area contributed by atoms with Crippen molar-refractivity contribution in [3.05, 3.63) is 28.7 Å². The fourth-order valence-corrected chi connectivity index (χ4v) is 4.46. The van der Waals surface area contributed by atoms with Crippen LogP contribution in [0, 0.1) is 0 Å². The zero-order chi connectivity index (χ0) is 21.6. The Hall–Kier alpha value is -3.14. The number of imide groups is 1. The lowest BCUT2D eigenvalue weighted by atomic mass is 9.88. The summed E-state index contributed by atoms with van der Waals surface area (Å²) in [5.74, 6) is -1.31. The summed E-state index contributed by atoms with van der Waals surface area (Å²) < 4.78 is 2.94. The molecule has 2 aromatic rings. The third-order valence-corrected chi connectivity index (χ3v) is 6.16. The van der Waals surface area contributed by atoms with E-state index >= 15 is 0 Å². The molecule has 4 N–H and O–H groups in total. The maximum absolute atomic E-state index is 12.9. The van der Waals surface area contributed by atoms with Gasteiger partial charge in [-0.15, -0.1) is 0 Å². The molecule has 2 aliphatic heterocycles. The molecule has 2 aliphatic rings. The minimum absolute atomic E-state index is 0.0524. The molecule has 1 aromatic carbocycles. The topological polar surface area (TPSA) is 140 Å². The van der Waals surface area contributed by atoms with Crippen LogP contribution < -0.4 is 21.6 Å². The number of amides is 3. The number of aryl methyl sites for hydroxylation is 1. The normalized spacial score (nSPS) is 21.7. The van der Waals surface area contributed by atoms with Gasteiger partial charge in [0, 0.05) is 32.2 Å². The van der Waals surface area contributed by atoms with Gasteiger partial charge in [0.1, 0.15) is 6.04 Å². The van der Waals surface area contributed by atoms with Gasteiger partial charge in [0.2, 0.25) is 17.7 Å². The number of hydrogen-bond acceptors (Lipinski definition) is 6. The van der Waals surface area contributed by atoms with Crippen LogP contribution in [0.5, 0.6) is 0 Å². The first kappa shape index (κ1) is 20.1. The summed E-state index contributed by atoms with van der Waals surface area (Å²) >= 11 is 0. The van der Waals surface area contributed by atoms with Crippen LogP contribution in [0.3, 0.4) is 0 Å². The number of fused-ring (bicyclic) bond motifs is 1. The predicted molar refractivity (Wildman–Crippen MR) is 109 cm³/mol. The quantitative estimate of drug-likeness (QED) is 0.577. The van der Waals surface area contributed by atoms with Gasteiger partial charge < -0.3 is 15.7 Å². The summed E-state index contributed by atoms with van der Waals surface area (Å²) in [4.78, 5) is 49.9. The van der Waals surface area contributed by atoms with E-state index in [1.807, 2.05) is 12.1 Å². The molecular formula is C20H25N5O5. The molecule has 10 nitrogen and oxygen atoms in total. The van der Waals surface area contributed by atoms with E-state index in [9.17, 15) is 24.3 Å². The molecule has 160 valence electrons. The molecule has 0 radical (unpaired) electrons. The van der Waals surface area contributed by atoms with Crippen molar-refractivity contribution in [3.8, 4) is 0 Å². The summed E-state index contributed by atoms with van der Waals surface area (Å²) in [5, 5.41) is 12.8. The monoisotopic (exact) mass is 415 g/mol. The highest BCUT2D eigenvalue weighted by molar-refractivity contribution is 6.00. The van der Waals surface area contributed by atoms with Crippen LogP contribution >= 0.6 is 0 Å². The van der Waals surface area contributed by atoms with Crippen LogP contribution in [-0.4, -0.2) is 50.7 Å². The fraction of sp³-hybridized carbons (Fsp3) is 0.500. The van der Waals surface area contributed by atoms with Crippen LogP contribution in [0.4, 0.5) is 5.69 Å². The lowest BCUT2D eigenvalue weighted by Crippen LogP contribution is -2.46. The Morgan fingerprint density at radius 3 is 2.57 bits per heavy atom. The van der Waals surface area contributed by atoms with Crippen molar-refractivity contribution in [1.82, 2.24) is 14.5 Å². The number of anilines is 1. The first-order valence-electron chi connectivity index (χ1n) is 9.99. The number of aromatic nitrogens is 2. The third kappa shape index (κ3) is 3.47. The van der Waals surface area contributed by atoms with E-state index in [-0.39, 0.29) is 30.9 Å². The van der Waals surface area contributed by atoms with Crippen molar-refractivity contribution in [2.24, 2.45) is 12.8 Å². The first-order chi connectivity index (χ1) is 14.2. The van der Waals surface area contributed by atoms with Crippen molar-refractivity contribution < 1.29 is 19.5 Å². The molecule has 0 bridgehead atoms. The molecule has 3 heterocycles. The van der Waals surface area contributed by atoms with Crippen LogP contribution in [0.25, 0.3) is 11.0 Å². The Balaban J connectivity index is 1.63. The highest BCUT2D eigenvalue weighted by Crippen LogP contribution is 2.31. The second-order valence-corrected chi connectivity index (χ2v) is 8.21. The lowest BCUT2D eigenvalue weighted by molar-refractivity contribution is -0.135. The number of benzene rings is 1. The number of nitrogens with two attached hydrogens (primary N) is 1. The Kier molecular flexibility index (Phi) is 4.89. The number of primary amides is 1. The number of nitrogens with one attached hydrogen (secondary N) is 1. The minimum Gasteiger partial charge on any atom is -0.389 e. The van der Waals surface area contributed by atoms with Crippen LogP contribution in [0.2, 0.25) is 0 Å². The second-order valence-electron chi connectivity index (χ2n) is 8.21. The van der Waals surface area contributed by atoms with Gasteiger partial charge in [-0.05, 0) is 37.5 Å².